The van der Waals surface area contributed by atoms with Gasteiger partial charge in [-0.15, -0.1) is 0 Å². The van der Waals surface area contributed by atoms with Gasteiger partial charge in [0.15, 0.2) is 0 Å². The Morgan fingerprint density at radius 3 is 1.93 bits per heavy atom. The third-order valence-corrected chi connectivity index (χ3v) is 1.61. The topological polar surface area (TPSA) is 135 Å². The van der Waals surface area contributed by atoms with E-state index in [0.29, 0.717) is 0 Å². The van der Waals surface area contributed by atoms with E-state index in [1.54, 1.807) is 0 Å². The largest absolute Gasteiger partial charge is 0.475 e. The lowest BCUT2D eigenvalue weighted by atomic mass is 10.0. The molecular weight excluding hydrogens is 196 g/mol. The predicted octanol–water partition coefficient (Wildman–Crippen LogP) is -2.89. The van der Waals surface area contributed by atoms with Crippen molar-refractivity contribution < 1.29 is 35.1 Å². The van der Waals surface area contributed by atoms with Crippen LogP contribution in [-0.4, -0.2) is 62.2 Å². The highest BCUT2D eigenvalue weighted by atomic mass is 16.4. The van der Waals surface area contributed by atoms with Gasteiger partial charge in [0.1, 0.15) is 12.2 Å². The summed E-state index contributed by atoms with van der Waals surface area (Å²) in [6.45, 7) is -0.792. The predicted molar refractivity (Wildman–Crippen MR) is 42.4 cm³/mol. The Morgan fingerprint density at radius 2 is 1.57 bits per heavy atom. The number of hydrogen-bond donors (Lipinski definition) is 5. The summed E-state index contributed by atoms with van der Waals surface area (Å²) in [6, 6.07) is 0. The van der Waals surface area contributed by atoms with Crippen LogP contribution in [0.3, 0.4) is 0 Å². The molecule has 0 aliphatic rings. The maximum Gasteiger partial charge on any atom is 0.372 e. The molecule has 7 heteroatoms. The Hall–Kier alpha value is -1.02. The van der Waals surface area contributed by atoms with E-state index in [1.807, 2.05) is 0 Å². The lowest BCUT2D eigenvalue weighted by Crippen LogP contribution is -2.41. The monoisotopic (exact) mass is 208 g/mol. The van der Waals surface area contributed by atoms with Gasteiger partial charge in [-0.05, 0) is 0 Å². The second-order valence-electron chi connectivity index (χ2n) is 2.74. The fraction of sp³-hybridized carbons (Fsp3) is 0.714. The minimum absolute atomic E-state index is 0.792. The summed E-state index contributed by atoms with van der Waals surface area (Å²) in [5.74, 6) is -3.00. The maximum absolute atomic E-state index is 10.6. The van der Waals surface area contributed by atoms with E-state index in [-0.39, 0.29) is 0 Å². The van der Waals surface area contributed by atoms with E-state index >= 15 is 0 Å². The highest BCUT2D eigenvalue weighted by Crippen LogP contribution is 2.04. The molecule has 0 aromatic rings. The summed E-state index contributed by atoms with van der Waals surface area (Å²) in [5, 5.41) is 43.4. The zero-order valence-corrected chi connectivity index (χ0v) is 7.20. The number of carbonyl (C=O) groups excluding carboxylic acids is 1. The number of ketones is 1. The Bertz CT molecular complexity index is 214. The average Bonchev–Trinajstić information content (AvgIpc) is 2.14. The molecule has 0 saturated carbocycles. The normalized spacial score (nSPS) is 17.1. The van der Waals surface area contributed by atoms with Crippen molar-refractivity contribution in [2.45, 2.75) is 24.7 Å². The molecule has 0 aliphatic heterocycles. The zero-order chi connectivity index (χ0) is 11.3. The van der Waals surface area contributed by atoms with E-state index in [0.717, 1.165) is 0 Å². The van der Waals surface area contributed by atoms with Crippen LogP contribution in [0.25, 0.3) is 0 Å². The zero-order valence-electron chi connectivity index (χ0n) is 7.20. The highest BCUT2D eigenvalue weighted by molar-refractivity contribution is 6.32. The van der Waals surface area contributed by atoms with Gasteiger partial charge in [-0.2, -0.15) is 0 Å². The SMILES string of the molecule is O=C(O)C(=O)C[C@H](O)[C@H](O)C(O)CO. The van der Waals surface area contributed by atoms with Gasteiger partial charge < -0.3 is 25.5 Å². The van der Waals surface area contributed by atoms with Crippen molar-refractivity contribution in [3.63, 3.8) is 0 Å². The highest BCUT2D eigenvalue weighted by Gasteiger charge is 2.27. The first-order chi connectivity index (χ1) is 6.40. The van der Waals surface area contributed by atoms with E-state index < -0.39 is 43.1 Å². The van der Waals surface area contributed by atoms with Crippen LogP contribution in [0.1, 0.15) is 6.42 Å². The quantitative estimate of drug-likeness (QED) is 0.295. The standard InChI is InChI=1S/C7H12O7/c8-2-5(11)6(12)3(9)1-4(10)7(13)14/h3,5-6,8-9,11-12H,1-2H2,(H,13,14)/t3-,5?,6-/m0/s1. The van der Waals surface area contributed by atoms with Crippen LogP contribution in [0.5, 0.6) is 0 Å². The Balaban J connectivity index is 4.13. The third kappa shape index (κ3) is 3.79. The number of Topliss-reactive ketones (excluding diaryl/α,β-unsaturated/α-hetero) is 1. The Kier molecular flexibility index (Phi) is 5.24. The maximum atomic E-state index is 10.6. The summed E-state index contributed by atoms with van der Waals surface area (Å²) < 4.78 is 0. The molecule has 0 radical (unpaired) electrons. The van der Waals surface area contributed by atoms with Crippen LogP contribution in [0.4, 0.5) is 0 Å². The van der Waals surface area contributed by atoms with Crippen molar-refractivity contribution in [2.24, 2.45) is 0 Å². The summed E-state index contributed by atoms with van der Waals surface area (Å²) in [5.41, 5.74) is 0. The lowest BCUT2D eigenvalue weighted by Gasteiger charge is -2.20. The van der Waals surface area contributed by atoms with Gasteiger partial charge >= 0.3 is 5.97 Å². The van der Waals surface area contributed by atoms with Crippen LogP contribution in [0, 0.1) is 0 Å². The summed E-state index contributed by atoms with van der Waals surface area (Å²) in [4.78, 5) is 20.6. The van der Waals surface area contributed by atoms with E-state index in [9.17, 15) is 9.59 Å². The van der Waals surface area contributed by atoms with Gasteiger partial charge in [0.05, 0.1) is 12.7 Å². The Morgan fingerprint density at radius 1 is 1.07 bits per heavy atom. The molecule has 14 heavy (non-hydrogen) atoms. The molecule has 0 spiro atoms. The van der Waals surface area contributed by atoms with Crippen molar-refractivity contribution in [1.82, 2.24) is 0 Å². The van der Waals surface area contributed by atoms with E-state index in [1.165, 1.54) is 0 Å². The fourth-order valence-electron chi connectivity index (χ4n) is 0.762. The molecule has 82 valence electrons. The number of hydrogen-bond acceptors (Lipinski definition) is 6. The molecule has 0 aliphatic carbocycles. The van der Waals surface area contributed by atoms with Crippen molar-refractivity contribution in [1.29, 1.82) is 0 Å². The average molecular weight is 208 g/mol. The van der Waals surface area contributed by atoms with Crippen molar-refractivity contribution in [2.75, 3.05) is 6.61 Å². The van der Waals surface area contributed by atoms with Gasteiger partial charge in [-0.3, -0.25) is 4.79 Å². The first kappa shape index (κ1) is 13.0. The van der Waals surface area contributed by atoms with Crippen LogP contribution < -0.4 is 0 Å². The molecular formula is C7H12O7. The molecule has 5 N–H and O–H groups in total. The second kappa shape index (κ2) is 5.66. The molecule has 0 aromatic heterocycles. The van der Waals surface area contributed by atoms with Crippen LogP contribution in [0.15, 0.2) is 0 Å². The van der Waals surface area contributed by atoms with Gasteiger partial charge in [0, 0.05) is 6.42 Å². The Labute approximate surface area is 79.2 Å². The first-order valence-corrected chi connectivity index (χ1v) is 3.81. The molecule has 0 bridgehead atoms. The molecule has 7 nitrogen and oxygen atoms in total. The lowest BCUT2D eigenvalue weighted by molar-refractivity contribution is -0.151. The molecule has 1 unspecified atom stereocenters. The minimum atomic E-state index is -1.75. The molecule has 3 atom stereocenters. The summed E-state index contributed by atoms with van der Waals surface area (Å²) >= 11 is 0. The number of carbonyl (C=O) groups is 2. The van der Waals surface area contributed by atoms with Gasteiger partial charge in [-0.1, -0.05) is 0 Å². The number of aliphatic carboxylic acids is 1. The summed E-state index contributed by atoms with van der Waals surface area (Å²) in [7, 11) is 0. The van der Waals surface area contributed by atoms with Crippen LogP contribution in [-0.2, 0) is 9.59 Å². The number of carboxylic acid groups (broad SMARTS) is 1. The van der Waals surface area contributed by atoms with Gasteiger partial charge in [0.25, 0.3) is 0 Å². The van der Waals surface area contributed by atoms with Crippen molar-refractivity contribution >= 4 is 11.8 Å². The number of aliphatic hydroxyl groups is 4. The number of rotatable bonds is 6. The molecule has 0 saturated heterocycles. The van der Waals surface area contributed by atoms with E-state index in [4.69, 9.17) is 25.5 Å². The molecule has 0 fully saturated rings. The van der Waals surface area contributed by atoms with Crippen molar-refractivity contribution in [3.8, 4) is 0 Å². The molecule has 0 amide bonds. The van der Waals surface area contributed by atoms with Gasteiger partial charge in [-0.25, -0.2) is 4.79 Å². The minimum Gasteiger partial charge on any atom is -0.475 e. The molecule has 0 aromatic carbocycles. The number of carboxylic acids is 1. The molecule has 0 heterocycles. The van der Waals surface area contributed by atoms with E-state index in [2.05, 4.69) is 0 Å². The van der Waals surface area contributed by atoms with Gasteiger partial charge in [0.2, 0.25) is 5.78 Å². The van der Waals surface area contributed by atoms with Crippen LogP contribution >= 0.6 is 0 Å². The smallest absolute Gasteiger partial charge is 0.372 e. The van der Waals surface area contributed by atoms with Crippen molar-refractivity contribution in [3.05, 3.63) is 0 Å². The number of aliphatic hydroxyl groups excluding tert-OH is 4. The van der Waals surface area contributed by atoms with Crippen LogP contribution in [0.2, 0.25) is 0 Å². The second-order valence-corrected chi connectivity index (χ2v) is 2.74. The third-order valence-electron chi connectivity index (χ3n) is 1.61. The first-order valence-electron chi connectivity index (χ1n) is 3.81. The summed E-state index contributed by atoms with van der Waals surface area (Å²) in [6.07, 6.45) is -5.87. The fourth-order valence-corrected chi connectivity index (χ4v) is 0.762. The molecule has 0 rings (SSSR count).